The van der Waals surface area contributed by atoms with Gasteiger partial charge in [0.05, 0.1) is 30.5 Å². The molecule has 2 aliphatic heterocycles. The van der Waals surface area contributed by atoms with E-state index >= 15 is 0 Å². The molecule has 7 atom stereocenters. The Morgan fingerprint density at radius 2 is 1.43 bits per heavy atom. The summed E-state index contributed by atoms with van der Waals surface area (Å²) in [6, 6.07) is 0. The molecule has 1 unspecified atom stereocenters. The van der Waals surface area contributed by atoms with Crippen molar-refractivity contribution in [1.82, 2.24) is 19.1 Å². The maximum absolute atomic E-state index is 14.6. The molecule has 0 radical (unpaired) electrons. The number of ether oxygens (including phenoxy) is 3. The standard InChI is InChI=1S/C33H47N4O15PS/c1-17-11-36(30(44)34-27(17)41)25-9-20(39)22(50-25)14-48-53(46,49-16-33(7,8)24(40)15-54-19(3)38)52-21-10-26(37-12-18(2)28(42)35-31(37)45)51-23(21)13-47-29(43)32(4,5)6/h11-12,20-23,25-26,39H,9-10,13-16H2,1-8H3,(H,34,41,44)(H,35,42,45)/t20-,21-,22+,23+,25+,26+,53?/m0/s1. The number of aromatic amines is 2. The van der Waals surface area contributed by atoms with Crippen LogP contribution in [0.1, 0.15) is 78.0 Å². The molecule has 0 aliphatic carbocycles. The number of nitrogens with zero attached hydrogens (tertiary/aromatic N) is 2. The van der Waals surface area contributed by atoms with Gasteiger partial charge in [-0.2, -0.15) is 0 Å². The molecule has 2 aromatic rings. The van der Waals surface area contributed by atoms with E-state index in [1.54, 1.807) is 20.8 Å². The van der Waals surface area contributed by atoms with Crippen molar-refractivity contribution >= 4 is 36.5 Å². The highest BCUT2D eigenvalue weighted by Crippen LogP contribution is 2.54. The van der Waals surface area contributed by atoms with Crippen LogP contribution in [0.25, 0.3) is 0 Å². The number of aryl methyl sites for hydroxylation is 2. The van der Waals surface area contributed by atoms with Crippen molar-refractivity contribution in [3.05, 3.63) is 65.2 Å². The van der Waals surface area contributed by atoms with Gasteiger partial charge in [-0.1, -0.05) is 25.6 Å². The molecule has 0 saturated carbocycles. The number of aromatic nitrogens is 4. The lowest BCUT2D eigenvalue weighted by Gasteiger charge is -2.29. The smallest absolute Gasteiger partial charge is 0.462 e. The molecular weight excluding hydrogens is 755 g/mol. The molecule has 19 nitrogen and oxygen atoms in total. The van der Waals surface area contributed by atoms with Gasteiger partial charge in [-0.05, 0) is 34.6 Å². The first-order chi connectivity index (χ1) is 25.0. The summed E-state index contributed by atoms with van der Waals surface area (Å²) in [6.45, 7) is 10.6. The Kier molecular flexibility index (Phi) is 13.7. The lowest BCUT2D eigenvalue weighted by atomic mass is 9.90. The number of hydrogen-bond acceptors (Lipinski definition) is 16. The number of rotatable bonds is 15. The molecule has 4 heterocycles. The van der Waals surface area contributed by atoms with Crippen LogP contribution in [0.2, 0.25) is 0 Å². The summed E-state index contributed by atoms with van der Waals surface area (Å²) in [5.41, 5.74) is -4.57. The molecule has 0 bridgehead atoms. The number of thioether (sulfide) groups is 1. The second kappa shape index (κ2) is 17.1. The number of phosphoric ester groups is 1. The van der Waals surface area contributed by atoms with Crippen molar-refractivity contribution in [1.29, 1.82) is 0 Å². The van der Waals surface area contributed by atoms with Gasteiger partial charge in [0.15, 0.2) is 10.9 Å². The fraction of sp³-hybridized carbons (Fsp3) is 0.667. The number of phosphoric acid groups is 1. The number of carbonyl (C=O) groups excluding carboxylic acids is 3. The van der Waals surface area contributed by atoms with E-state index < -0.39 is 110 Å². The Balaban J connectivity index is 1.62. The van der Waals surface area contributed by atoms with Gasteiger partial charge in [-0.15, -0.1) is 0 Å². The Morgan fingerprint density at radius 1 is 0.889 bits per heavy atom. The Bertz CT molecular complexity index is 2020. The summed E-state index contributed by atoms with van der Waals surface area (Å²) < 4.78 is 51.7. The topological polar surface area (TPSA) is 254 Å². The second-order valence-corrected chi connectivity index (χ2v) is 17.6. The average molecular weight is 803 g/mol. The van der Waals surface area contributed by atoms with Crippen molar-refractivity contribution in [2.24, 2.45) is 10.8 Å². The number of ketones is 1. The molecule has 300 valence electrons. The zero-order chi connectivity index (χ0) is 40.3. The lowest BCUT2D eigenvalue weighted by molar-refractivity contribution is -0.159. The summed E-state index contributed by atoms with van der Waals surface area (Å²) in [7, 11) is -4.80. The van der Waals surface area contributed by atoms with Gasteiger partial charge in [0.25, 0.3) is 11.1 Å². The molecule has 21 heteroatoms. The Hall–Kier alpha value is -3.49. The van der Waals surface area contributed by atoms with E-state index in [1.807, 2.05) is 0 Å². The minimum absolute atomic E-state index is 0.104. The normalized spacial score (nSPS) is 24.3. The molecule has 0 spiro atoms. The summed E-state index contributed by atoms with van der Waals surface area (Å²) in [4.78, 5) is 90.7. The van der Waals surface area contributed by atoms with Crippen LogP contribution in [-0.4, -0.2) is 91.1 Å². The zero-order valence-corrected chi connectivity index (χ0v) is 33.0. The van der Waals surface area contributed by atoms with Crippen molar-refractivity contribution < 1.29 is 51.8 Å². The number of carbonyl (C=O) groups is 3. The molecule has 3 N–H and O–H groups in total. The van der Waals surface area contributed by atoms with Gasteiger partial charge < -0.3 is 19.3 Å². The molecule has 2 aliphatic rings. The van der Waals surface area contributed by atoms with Crippen LogP contribution in [0, 0.1) is 24.7 Å². The summed E-state index contributed by atoms with van der Waals surface area (Å²) in [6.07, 6.45) is -4.70. The number of aliphatic hydroxyl groups excluding tert-OH is 1. The number of hydrogen-bond donors (Lipinski definition) is 3. The first-order valence-corrected chi connectivity index (χ1v) is 19.5. The highest BCUT2D eigenvalue weighted by molar-refractivity contribution is 8.14. The molecular formula is C33H47N4O15PS. The van der Waals surface area contributed by atoms with Crippen molar-refractivity contribution in [2.45, 2.75) is 105 Å². The van der Waals surface area contributed by atoms with Gasteiger partial charge in [0.2, 0.25) is 0 Å². The van der Waals surface area contributed by atoms with Gasteiger partial charge in [0.1, 0.15) is 37.4 Å². The van der Waals surface area contributed by atoms with Crippen LogP contribution in [0.5, 0.6) is 0 Å². The third-order valence-electron chi connectivity index (χ3n) is 8.69. The maximum Gasteiger partial charge on any atom is 0.475 e. The van der Waals surface area contributed by atoms with E-state index in [1.165, 1.54) is 47.0 Å². The van der Waals surface area contributed by atoms with Crippen LogP contribution in [0.3, 0.4) is 0 Å². The predicted octanol–water partition coefficient (Wildman–Crippen LogP) is 1.63. The zero-order valence-electron chi connectivity index (χ0n) is 31.3. The third kappa shape index (κ3) is 10.8. The molecule has 0 amide bonds. The van der Waals surface area contributed by atoms with Crippen LogP contribution in [-0.2, 0) is 46.7 Å². The van der Waals surface area contributed by atoms with E-state index in [-0.39, 0.29) is 34.8 Å². The molecule has 54 heavy (non-hydrogen) atoms. The monoisotopic (exact) mass is 802 g/mol. The number of esters is 1. The van der Waals surface area contributed by atoms with E-state index in [4.69, 9.17) is 27.8 Å². The molecule has 2 saturated heterocycles. The predicted molar refractivity (Wildman–Crippen MR) is 192 cm³/mol. The van der Waals surface area contributed by atoms with Gasteiger partial charge in [-0.3, -0.25) is 56.6 Å². The molecule has 0 aromatic carbocycles. The summed E-state index contributed by atoms with van der Waals surface area (Å²) in [5.74, 6) is -1.18. The first-order valence-electron chi connectivity index (χ1n) is 17.0. The van der Waals surface area contributed by atoms with Gasteiger partial charge >= 0.3 is 25.2 Å². The lowest BCUT2D eigenvalue weighted by Crippen LogP contribution is -2.35. The second-order valence-electron chi connectivity index (χ2n) is 14.9. The largest absolute Gasteiger partial charge is 0.475 e. The quantitative estimate of drug-likeness (QED) is 0.171. The summed E-state index contributed by atoms with van der Waals surface area (Å²) in [5, 5.41) is 10.6. The van der Waals surface area contributed by atoms with Crippen LogP contribution in [0.4, 0.5) is 0 Å². The first kappa shape index (κ1) is 43.2. The number of H-pyrrole nitrogens is 2. The van der Waals surface area contributed by atoms with Crippen molar-refractivity contribution in [3.8, 4) is 0 Å². The number of Topliss-reactive ketones (excluding diaryl/α,β-unsaturated/α-hetero) is 1. The van der Waals surface area contributed by atoms with Gasteiger partial charge in [0, 0.05) is 48.7 Å². The highest BCUT2D eigenvalue weighted by atomic mass is 32.2. The van der Waals surface area contributed by atoms with Gasteiger partial charge in [-0.25, -0.2) is 14.2 Å². The highest BCUT2D eigenvalue weighted by Gasteiger charge is 2.46. The maximum atomic E-state index is 14.6. The minimum Gasteiger partial charge on any atom is -0.462 e. The van der Waals surface area contributed by atoms with Crippen molar-refractivity contribution in [2.75, 3.05) is 25.6 Å². The Labute approximate surface area is 313 Å². The minimum atomic E-state index is -4.80. The molecule has 2 fully saturated rings. The fourth-order valence-electron chi connectivity index (χ4n) is 5.25. The molecule has 2 aromatic heterocycles. The van der Waals surface area contributed by atoms with Crippen molar-refractivity contribution in [3.63, 3.8) is 0 Å². The van der Waals surface area contributed by atoms with E-state index in [0.29, 0.717) is 0 Å². The molecule has 4 rings (SSSR count). The van der Waals surface area contributed by atoms with Crippen LogP contribution < -0.4 is 22.5 Å². The van der Waals surface area contributed by atoms with E-state index in [0.717, 1.165) is 20.9 Å². The average Bonchev–Trinajstić information content (AvgIpc) is 3.65. The summed E-state index contributed by atoms with van der Waals surface area (Å²) >= 11 is 0.793. The third-order valence-corrected chi connectivity index (χ3v) is 10.9. The number of nitrogens with one attached hydrogen (secondary N) is 2. The SMILES string of the molecule is CC(=O)SCC(=O)C(C)(C)COP(=O)(OC[C@H]1O[C@@H](n2cc(C)c(=O)[nH]c2=O)C[C@@H]1O)O[C@H]1C[C@H](n2cc(C)c(=O)[nH]c2=O)O[C@@H]1COC(=O)C(C)(C)C. The van der Waals surface area contributed by atoms with E-state index in [9.17, 15) is 43.2 Å². The number of aliphatic hydroxyl groups is 1. The Morgan fingerprint density at radius 3 is 1.96 bits per heavy atom. The van der Waals surface area contributed by atoms with Crippen LogP contribution in [0.15, 0.2) is 31.6 Å². The van der Waals surface area contributed by atoms with Crippen LogP contribution >= 0.6 is 19.6 Å². The fourth-order valence-corrected chi connectivity index (χ4v) is 7.54. The van der Waals surface area contributed by atoms with E-state index in [2.05, 4.69) is 9.97 Å².